The lowest BCUT2D eigenvalue weighted by Crippen LogP contribution is -2.29. The Morgan fingerprint density at radius 3 is 2.46 bits per heavy atom. The van der Waals surface area contributed by atoms with Gasteiger partial charge in [-0.25, -0.2) is 9.97 Å². The number of carbonyl (C=O) groups is 1. The van der Waals surface area contributed by atoms with Crippen molar-refractivity contribution in [3.05, 3.63) is 60.3 Å². The van der Waals surface area contributed by atoms with E-state index in [1.54, 1.807) is 6.20 Å². The number of hydrogen-bond acceptors (Lipinski definition) is 4. The highest BCUT2D eigenvalue weighted by molar-refractivity contribution is 5.90. The van der Waals surface area contributed by atoms with Gasteiger partial charge in [-0.3, -0.25) is 9.69 Å². The number of benzene rings is 2. The normalized spacial score (nSPS) is 11.4. The molecule has 1 heterocycles. The highest BCUT2D eigenvalue weighted by atomic mass is 19.4. The summed E-state index contributed by atoms with van der Waals surface area (Å²) >= 11 is 0. The number of alkyl halides is 3. The predicted octanol–water partition coefficient (Wildman–Crippen LogP) is 4.08. The van der Waals surface area contributed by atoms with Crippen molar-refractivity contribution >= 4 is 22.8 Å². The van der Waals surface area contributed by atoms with Crippen LogP contribution in [0.1, 0.15) is 12.5 Å². The number of para-hydroxylation sites is 1. The van der Waals surface area contributed by atoms with Crippen LogP contribution in [0.15, 0.2) is 54.7 Å². The SMILES string of the molecule is CC(=O)N(Cc1ccc(OC(F)(F)F)cc1)c1ncc2ccccc2n1. The maximum absolute atomic E-state index is 12.2. The summed E-state index contributed by atoms with van der Waals surface area (Å²) in [6, 6.07) is 12.7. The summed E-state index contributed by atoms with van der Waals surface area (Å²) in [4.78, 5) is 22.0. The second kappa shape index (κ2) is 6.99. The van der Waals surface area contributed by atoms with Crippen molar-refractivity contribution in [2.45, 2.75) is 19.8 Å². The summed E-state index contributed by atoms with van der Waals surface area (Å²) < 4.78 is 40.5. The first-order valence-electron chi connectivity index (χ1n) is 7.66. The summed E-state index contributed by atoms with van der Waals surface area (Å²) in [5.41, 5.74) is 1.31. The van der Waals surface area contributed by atoms with E-state index in [9.17, 15) is 18.0 Å². The van der Waals surface area contributed by atoms with Gasteiger partial charge in [-0.05, 0) is 23.8 Å². The number of hydrogen-bond donors (Lipinski definition) is 0. The van der Waals surface area contributed by atoms with Crippen LogP contribution in [0.5, 0.6) is 5.75 Å². The van der Waals surface area contributed by atoms with Gasteiger partial charge in [0.1, 0.15) is 5.75 Å². The van der Waals surface area contributed by atoms with Gasteiger partial charge in [0.2, 0.25) is 11.9 Å². The summed E-state index contributed by atoms with van der Waals surface area (Å²) in [6.07, 6.45) is -3.13. The second-order valence-electron chi connectivity index (χ2n) is 5.53. The largest absolute Gasteiger partial charge is 0.573 e. The number of ether oxygens (including phenoxy) is 1. The van der Waals surface area contributed by atoms with Crippen molar-refractivity contribution < 1.29 is 22.7 Å². The number of aromatic nitrogens is 2. The Labute approximate surface area is 147 Å². The highest BCUT2D eigenvalue weighted by Crippen LogP contribution is 2.24. The third-order valence-corrected chi connectivity index (χ3v) is 3.60. The number of carbonyl (C=O) groups excluding carboxylic acids is 1. The molecule has 26 heavy (non-hydrogen) atoms. The Morgan fingerprint density at radius 2 is 1.81 bits per heavy atom. The van der Waals surface area contributed by atoms with Crippen molar-refractivity contribution in [2.24, 2.45) is 0 Å². The fraction of sp³-hybridized carbons (Fsp3) is 0.167. The molecule has 0 unspecified atom stereocenters. The molecule has 134 valence electrons. The van der Waals surface area contributed by atoms with Crippen molar-refractivity contribution in [1.82, 2.24) is 9.97 Å². The first kappa shape index (κ1) is 17.7. The van der Waals surface area contributed by atoms with Gasteiger partial charge in [-0.1, -0.05) is 30.3 Å². The second-order valence-corrected chi connectivity index (χ2v) is 5.53. The monoisotopic (exact) mass is 361 g/mol. The van der Waals surface area contributed by atoms with Crippen LogP contribution in [0.4, 0.5) is 19.1 Å². The molecule has 3 aromatic rings. The smallest absolute Gasteiger partial charge is 0.406 e. The fourth-order valence-corrected chi connectivity index (χ4v) is 2.39. The molecule has 5 nitrogen and oxygen atoms in total. The van der Waals surface area contributed by atoms with Crippen molar-refractivity contribution in [3.63, 3.8) is 0 Å². The summed E-state index contributed by atoms with van der Waals surface area (Å²) in [5, 5.41) is 0.841. The van der Waals surface area contributed by atoms with E-state index in [1.807, 2.05) is 24.3 Å². The van der Waals surface area contributed by atoms with Gasteiger partial charge in [0.25, 0.3) is 0 Å². The Balaban J connectivity index is 1.83. The Morgan fingerprint density at radius 1 is 1.12 bits per heavy atom. The van der Waals surface area contributed by atoms with Gasteiger partial charge in [0.05, 0.1) is 12.1 Å². The number of amides is 1. The molecule has 0 atom stereocenters. The van der Waals surface area contributed by atoms with Gasteiger partial charge in [-0.2, -0.15) is 0 Å². The van der Waals surface area contributed by atoms with Gasteiger partial charge in [-0.15, -0.1) is 13.2 Å². The van der Waals surface area contributed by atoms with Crippen LogP contribution in [0, 0.1) is 0 Å². The molecule has 3 rings (SSSR count). The van der Waals surface area contributed by atoms with E-state index in [0.717, 1.165) is 5.39 Å². The average molecular weight is 361 g/mol. The van der Waals surface area contributed by atoms with Crippen LogP contribution in [-0.2, 0) is 11.3 Å². The lowest BCUT2D eigenvalue weighted by atomic mass is 10.2. The number of anilines is 1. The van der Waals surface area contributed by atoms with Crippen LogP contribution in [-0.4, -0.2) is 22.2 Å². The van der Waals surface area contributed by atoms with E-state index in [2.05, 4.69) is 14.7 Å². The minimum absolute atomic E-state index is 0.125. The molecule has 1 amide bonds. The molecule has 0 N–H and O–H groups in total. The van der Waals surface area contributed by atoms with Crippen LogP contribution in [0.3, 0.4) is 0 Å². The Kier molecular flexibility index (Phi) is 4.75. The Bertz CT molecular complexity index is 927. The third-order valence-electron chi connectivity index (χ3n) is 3.60. The molecule has 2 aromatic carbocycles. The molecule has 1 aromatic heterocycles. The van der Waals surface area contributed by atoms with Gasteiger partial charge < -0.3 is 4.74 Å². The molecule has 0 aliphatic carbocycles. The van der Waals surface area contributed by atoms with Crippen molar-refractivity contribution in [1.29, 1.82) is 0 Å². The topological polar surface area (TPSA) is 55.3 Å². The third kappa shape index (κ3) is 4.27. The zero-order valence-electron chi connectivity index (χ0n) is 13.7. The molecule has 0 bridgehead atoms. The maximum Gasteiger partial charge on any atom is 0.573 e. The van der Waals surface area contributed by atoms with E-state index >= 15 is 0 Å². The minimum atomic E-state index is -4.74. The quantitative estimate of drug-likeness (QED) is 0.703. The lowest BCUT2D eigenvalue weighted by molar-refractivity contribution is -0.274. The van der Waals surface area contributed by atoms with E-state index < -0.39 is 6.36 Å². The molecule has 0 spiro atoms. The van der Waals surface area contributed by atoms with Crippen molar-refractivity contribution in [3.8, 4) is 5.75 Å². The summed E-state index contributed by atoms with van der Waals surface area (Å²) in [6.45, 7) is 1.50. The molecular weight excluding hydrogens is 347 g/mol. The highest BCUT2D eigenvalue weighted by Gasteiger charge is 2.31. The van der Waals surface area contributed by atoms with Crippen LogP contribution >= 0.6 is 0 Å². The van der Waals surface area contributed by atoms with Gasteiger partial charge in [0, 0.05) is 18.5 Å². The van der Waals surface area contributed by atoms with Crippen LogP contribution in [0.2, 0.25) is 0 Å². The van der Waals surface area contributed by atoms with E-state index in [0.29, 0.717) is 11.1 Å². The van der Waals surface area contributed by atoms with Crippen LogP contribution < -0.4 is 9.64 Å². The van der Waals surface area contributed by atoms with Crippen molar-refractivity contribution in [2.75, 3.05) is 4.90 Å². The van der Waals surface area contributed by atoms with E-state index in [4.69, 9.17) is 0 Å². The number of halogens is 3. The number of fused-ring (bicyclic) bond motifs is 1. The fourth-order valence-electron chi connectivity index (χ4n) is 2.39. The van der Waals surface area contributed by atoms with Crippen LogP contribution in [0.25, 0.3) is 10.9 Å². The summed E-state index contributed by atoms with van der Waals surface area (Å²) in [5.74, 6) is -0.375. The predicted molar refractivity (Wildman–Crippen MR) is 89.5 cm³/mol. The average Bonchev–Trinajstić information content (AvgIpc) is 2.59. The van der Waals surface area contributed by atoms with E-state index in [1.165, 1.54) is 36.1 Å². The summed E-state index contributed by atoms with van der Waals surface area (Å²) in [7, 11) is 0. The Hall–Kier alpha value is -3.16. The zero-order chi connectivity index (χ0) is 18.7. The number of rotatable bonds is 4. The van der Waals surface area contributed by atoms with E-state index in [-0.39, 0.29) is 24.1 Å². The lowest BCUT2D eigenvalue weighted by Gasteiger charge is -2.19. The maximum atomic E-state index is 12.2. The first-order valence-corrected chi connectivity index (χ1v) is 7.66. The molecule has 0 fully saturated rings. The van der Waals surface area contributed by atoms with Gasteiger partial charge >= 0.3 is 6.36 Å². The zero-order valence-corrected chi connectivity index (χ0v) is 13.7. The molecule has 8 heteroatoms. The number of nitrogens with zero attached hydrogens (tertiary/aromatic N) is 3. The molecule has 0 saturated carbocycles. The molecule has 0 radical (unpaired) electrons. The molecule has 0 aliphatic heterocycles. The molecular formula is C18H14F3N3O2. The first-order chi connectivity index (χ1) is 12.3. The molecule has 0 aliphatic rings. The minimum Gasteiger partial charge on any atom is -0.406 e. The standard InChI is InChI=1S/C18H14F3N3O2/c1-12(25)24(17-22-10-14-4-2-3-5-16(14)23-17)11-13-6-8-15(9-7-13)26-18(19,20)21/h2-10H,11H2,1H3. The molecule has 0 saturated heterocycles. The van der Waals surface area contributed by atoms with Gasteiger partial charge in [0.15, 0.2) is 0 Å².